The third-order valence-corrected chi connectivity index (χ3v) is 10.5. The number of fused-ring (bicyclic) bond motifs is 4. The molecule has 272 valence electrons. The fraction of sp³-hybridized carbons (Fsp3) is 0.167. The first-order valence-electron chi connectivity index (χ1n) is 16.9. The van der Waals surface area contributed by atoms with E-state index in [4.69, 9.17) is 40.1 Å². The summed E-state index contributed by atoms with van der Waals surface area (Å²) >= 11 is 3.02. The topological polar surface area (TPSA) is 187 Å². The molecule has 0 atom stereocenters. The molecular formula is C36H32N12O4S2. The van der Waals surface area contributed by atoms with Gasteiger partial charge in [0, 0.05) is 60.8 Å². The molecule has 0 spiro atoms. The number of anilines is 1. The monoisotopic (exact) mass is 760 g/mol. The maximum atomic E-state index is 8.08. The Morgan fingerprint density at radius 3 is 2.02 bits per heavy atom. The van der Waals surface area contributed by atoms with Crippen molar-refractivity contribution in [2.45, 2.75) is 46.3 Å². The minimum atomic E-state index is 0.187. The van der Waals surface area contributed by atoms with Crippen molar-refractivity contribution in [1.82, 2.24) is 48.2 Å². The third-order valence-electron chi connectivity index (χ3n) is 8.65. The molecule has 2 aliphatic heterocycles. The van der Waals surface area contributed by atoms with E-state index in [-0.39, 0.29) is 19.1 Å². The van der Waals surface area contributed by atoms with E-state index in [1.807, 2.05) is 90.0 Å². The van der Waals surface area contributed by atoms with Crippen LogP contribution in [0.4, 0.5) is 5.82 Å². The first kappa shape index (κ1) is 33.4. The zero-order valence-electron chi connectivity index (χ0n) is 28.5. The number of rotatable bonds is 10. The molecule has 0 amide bonds. The number of ether oxygens (including phenoxy) is 4. The second kappa shape index (κ2) is 14.6. The van der Waals surface area contributed by atoms with Gasteiger partial charge in [-0.3, -0.25) is 5.41 Å². The van der Waals surface area contributed by atoms with Crippen molar-refractivity contribution < 1.29 is 18.9 Å². The summed E-state index contributed by atoms with van der Waals surface area (Å²) in [5, 5.41) is 9.60. The fourth-order valence-electron chi connectivity index (χ4n) is 5.96. The lowest BCUT2D eigenvalue weighted by Crippen LogP contribution is -2.14. The highest BCUT2D eigenvalue weighted by Gasteiger charge is 2.19. The van der Waals surface area contributed by atoms with Gasteiger partial charge in [0.15, 0.2) is 61.4 Å². The van der Waals surface area contributed by atoms with Crippen LogP contribution in [-0.2, 0) is 26.2 Å². The number of nitrogens with two attached hydrogens (primary N) is 1. The molecule has 54 heavy (non-hydrogen) atoms. The van der Waals surface area contributed by atoms with Crippen molar-refractivity contribution in [2.75, 3.05) is 19.3 Å². The van der Waals surface area contributed by atoms with E-state index in [2.05, 4.69) is 33.6 Å². The summed E-state index contributed by atoms with van der Waals surface area (Å²) in [4.78, 5) is 27.2. The number of aromatic amines is 1. The van der Waals surface area contributed by atoms with Crippen LogP contribution in [-0.4, -0.2) is 61.8 Å². The first-order valence-corrected chi connectivity index (χ1v) is 18.5. The Balaban J connectivity index is 0.000000142. The predicted octanol–water partition coefficient (Wildman–Crippen LogP) is 5.41. The van der Waals surface area contributed by atoms with Crippen LogP contribution < -0.4 is 30.2 Å². The van der Waals surface area contributed by atoms with E-state index < -0.39 is 0 Å². The second-order valence-electron chi connectivity index (χ2n) is 12.1. The van der Waals surface area contributed by atoms with Gasteiger partial charge in [-0.2, -0.15) is 0 Å². The Morgan fingerprint density at radius 2 is 1.33 bits per heavy atom. The number of nitrogen functional groups attached to an aromatic ring is 1. The number of nitrogens with zero attached hydrogens (tertiary/aromatic N) is 9. The van der Waals surface area contributed by atoms with Gasteiger partial charge in [0.2, 0.25) is 13.6 Å². The number of hydrogen-bond donors (Lipinski definition) is 3. The van der Waals surface area contributed by atoms with Crippen molar-refractivity contribution in [3.8, 4) is 23.0 Å². The van der Waals surface area contributed by atoms with Crippen LogP contribution in [0, 0.1) is 5.41 Å². The molecule has 0 fully saturated rings. The zero-order valence-corrected chi connectivity index (χ0v) is 30.2. The van der Waals surface area contributed by atoms with Crippen LogP contribution in [0.1, 0.15) is 0 Å². The van der Waals surface area contributed by atoms with Gasteiger partial charge >= 0.3 is 0 Å². The van der Waals surface area contributed by atoms with Gasteiger partial charge in [-0.15, -0.1) is 0 Å². The van der Waals surface area contributed by atoms with E-state index in [0.717, 1.165) is 68.9 Å². The number of nitrogens with one attached hydrogen (secondary N) is 2. The molecule has 16 nitrogen and oxygen atoms in total. The summed E-state index contributed by atoms with van der Waals surface area (Å²) in [6.45, 7) is 3.56. The lowest BCUT2D eigenvalue weighted by atomic mass is 10.3. The molecule has 6 aromatic heterocycles. The molecule has 0 saturated carbocycles. The molecule has 0 radical (unpaired) electrons. The Morgan fingerprint density at radius 1 is 0.704 bits per heavy atom. The summed E-state index contributed by atoms with van der Waals surface area (Å²) in [5.74, 6) is 3.38. The number of H-pyrrole nitrogens is 1. The van der Waals surface area contributed by atoms with E-state index in [1.165, 1.54) is 29.9 Å². The average molecular weight is 761 g/mol. The van der Waals surface area contributed by atoms with Gasteiger partial charge in [-0.25, -0.2) is 24.9 Å². The van der Waals surface area contributed by atoms with Crippen molar-refractivity contribution in [3.63, 3.8) is 0 Å². The average Bonchev–Trinajstić information content (AvgIpc) is 4.04. The molecule has 2 aromatic carbocycles. The van der Waals surface area contributed by atoms with Crippen LogP contribution in [0.2, 0.25) is 0 Å². The molecule has 8 heterocycles. The highest BCUT2D eigenvalue weighted by molar-refractivity contribution is 7.99. The van der Waals surface area contributed by atoms with Crippen molar-refractivity contribution in [2.24, 2.45) is 0 Å². The predicted molar refractivity (Wildman–Crippen MR) is 200 cm³/mol. The Bertz CT molecular complexity index is 2640. The van der Waals surface area contributed by atoms with Crippen molar-refractivity contribution in [3.05, 3.63) is 104 Å². The molecule has 0 saturated heterocycles. The second-order valence-corrected chi connectivity index (χ2v) is 14.2. The lowest BCUT2D eigenvalue weighted by Gasteiger charge is -2.09. The molecule has 8 aromatic rings. The van der Waals surface area contributed by atoms with Gasteiger partial charge in [0.1, 0.15) is 11.8 Å². The van der Waals surface area contributed by atoms with Crippen LogP contribution in [0.15, 0.2) is 118 Å². The van der Waals surface area contributed by atoms with Gasteiger partial charge < -0.3 is 47.9 Å². The fourth-order valence-corrected chi connectivity index (χ4v) is 7.71. The van der Waals surface area contributed by atoms with E-state index in [9.17, 15) is 0 Å². The van der Waals surface area contributed by atoms with Crippen LogP contribution in [0.3, 0.4) is 0 Å². The summed E-state index contributed by atoms with van der Waals surface area (Å²) in [6.07, 6.45) is 11.3. The number of aryl methyl sites for hydroxylation is 4. The standard InChI is InChI=1S/2C18H16N6O2S/c19-16-15-17(24(10-20-16)8-7-23-5-1-2-6-23)22-18(21-15)27-12-3-4-13-14(9-12)26-11-25-13;19-16-15-17(21-10-20-16)24(8-7-23-5-1-2-6-23)18(22-15)27-12-3-4-13-14(9-12)26-11-25-13/h1-6,9-10,19H,7-8,11H2,(H,21,22);1-6,9-10H,7-8,11H2,(H2,19,20,21). The Hall–Kier alpha value is -6.40. The smallest absolute Gasteiger partial charge is 0.231 e. The minimum absolute atomic E-state index is 0.187. The highest BCUT2D eigenvalue weighted by atomic mass is 32.2. The summed E-state index contributed by atoms with van der Waals surface area (Å²) in [6, 6.07) is 19.7. The maximum Gasteiger partial charge on any atom is 0.231 e. The number of hydrogen-bond acceptors (Lipinski definition) is 13. The molecule has 4 N–H and O–H groups in total. The Kier molecular flexibility index (Phi) is 9.01. The normalized spacial score (nSPS) is 12.7. The Labute approximate surface area is 315 Å². The molecule has 18 heteroatoms. The third kappa shape index (κ3) is 6.91. The quantitative estimate of drug-likeness (QED) is 0.161. The van der Waals surface area contributed by atoms with E-state index >= 15 is 0 Å². The van der Waals surface area contributed by atoms with Gasteiger partial charge in [0.25, 0.3) is 0 Å². The molecule has 0 unspecified atom stereocenters. The van der Waals surface area contributed by atoms with E-state index in [0.29, 0.717) is 28.6 Å². The molecule has 0 aliphatic carbocycles. The zero-order chi connectivity index (χ0) is 36.4. The SMILES string of the molecule is N=c1ncn(CCn2cccc2)c2nc(Sc3ccc4c(c3)OCO4)[nH]c12.Nc1ncnc2c1nc(Sc1ccc3c(c1)OCO3)n2CCn1cccc1. The number of imidazole rings is 2. The van der Waals surface area contributed by atoms with Crippen LogP contribution in [0.5, 0.6) is 23.0 Å². The van der Waals surface area contributed by atoms with Crippen LogP contribution >= 0.6 is 23.5 Å². The van der Waals surface area contributed by atoms with Crippen molar-refractivity contribution in [1.29, 1.82) is 5.41 Å². The summed E-state index contributed by atoms with van der Waals surface area (Å²) in [7, 11) is 0. The van der Waals surface area contributed by atoms with Gasteiger partial charge in [0.05, 0.1) is 6.33 Å². The van der Waals surface area contributed by atoms with Crippen molar-refractivity contribution >= 4 is 51.7 Å². The maximum absolute atomic E-state index is 8.08. The van der Waals surface area contributed by atoms with E-state index in [1.54, 1.807) is 6.33 Å². The number of benzene rings is 2. The first-order chi connectivity index (χ1) is 26.5. The van der Waals surface area contributed by atoms with Crippen LogP contribution in [0.25, 0.3) is 22.3 Å². The number of aromatic nitrogens is 10. The molecule has 10 rings (SSSR count). The van der Waals surface area contributed by atoms with Gasteiger partial charge in [-0.05, 0) is 60.7 Å². The highest BCUT2D eigenvalue weighted by Crippen LogP contribution is 2.39. The molecule has 2 aliphatic rings. The molecule has 0 bridgehead atoms. The summed E-state index contributed by atoms with van der Waals surface area (Å²) in [5.41, 5.74) is 8.92. The molecular weight excluding hydrogens is 729 g/mol. The minimum Gasteiger partial charge on any atom is -0.454 e. The van der Waals surface area contributed by atoms with Gasteiger partial charge in [-0.1, -0.05) is 23.5 Å². The lowest BCUT2D eigenvalue weighted by molar-refractivity contribution is 0.173. The largest absolute Gasteiger partial charge is 0.454 e. The summed E-state index contributed by atoms with van der Waals surface area (Å²) < 4.78 is 29.9.